The summed E-state index contributed by atoms with van der Waals surface area (Å²) in [4.78, 5) is 12.0. The first kappa shape index (κ1) is 16.3. The van der Waals surface area contributed by atoms with Crippen LogP contribution in [-0.4, -0.2) is 20.6 Å². The van der Waals surface area contributed by atoms with Gasteiger partial charge in [0.25, 0.3) is 5.91 Å². The minimum absolute atomic E-state index is 0.199. The van der Waals surface area contributed by atoms with E-state index in [0.717, 1.165) is 10.0 Å². The van der Waals surface area contributed by atoms with E-state index >= 15 is 0 Å². The number of carbonyl (C=O) groups excluding carboxylic acids is 1. The highest BCUT2D eigenvalue weighted by Crippen LogP contribution is 2.27. The first-order valence-corrected chi connectivity index (χ1v) is 9.51. The molecule has 1 aromatic heterocycles. The Morgan fingerprint density at radius 1 is 1.33 bits per heavy atom. The van der Waals surface area contributed by atoms with Crippen LogP contribution in [0.2, 0.25) is 5.02 Å². The highest BCUT2D eigenvalue weighted by Gasteiger charge is 2.11. The van der Waals surface area contributed by atoms with Gasteiger partial charge in [-0.3, -0.25) is 9.52 Å². The molecule has 0 aliphatic carbocycles. The zero-order valence-electron chi connectivity index (χ0n) is 10.7. The molecule has 2 N–H and O–H groups in total. The predicted molar refractivity (Wildman–Crippen MR) is 89.9 cm³/mol. The molecule has 112 valence electrons. The van der Waals surface area contributed by atoms with Gasteiger partial charge in [-0.05, 0) is 40.2 Å². The van der Waals surface area contributed by atoms with Gasteiger partial charge in [0.1, 0.15) is 0 Å². The van der Waals surface area contributed by atoms with Crippen LogP contribution in [-0.2, 0) is 10.0 Å². The minimum Gasteiger partial charge on any atom is -0.322 e. The van der Waals surface area contributed by atoms with E-state index in [1.165, 1.54) is 23.5 Å². The molecule has 0 bridgehead atoms. The zero-order chi connectivity index (χ0) is 15.6. The fourth-order valence-corrected chi connectivity index (χ4v) is 3.51. The van der Waals surface area contributed by atoms with Crippen molar-refractivity contribution in [3.63, 3.8) is 0 Å². The number of hydrogen-bond acceptors (Lipinski definition) is 4. The summed E-state index contributed by atoms with van der Waals surface area (Å²) in [6.45, 7) is 0. The molecule has 0 aliphatic rings. The second-order valence-corrected chi connectivity index (χ2v) is 8.61. The molecule has 0 spiro atoms. The molecule has 2 rings (SSSR count). The lowest BCUT2D eigenvalue weighted by Gasteiger charge is -2.09. The van der Waals surface area contributed by atoms with E-state index in [9.17, 15) is 13.2 Å². The van der Waals surface area contributed by atoms with Crippen molar-refractivity contribution >= 4 is 66.2 Å². The molecule has 0 unspecified atom stereocenters. The first-order chi connectivity index (χ1) is 9.74. The van der Waals surface area contributed by atoms with Crippen molar-refractivity contribution < 1.29 is 13.2 Å². The van der Waals surface area contributed by atoms with Crippen LogP contribution in [0.25, 0.3) is 0 Å². The second-order valence-electron chi connectivity index (χ2n) is 4.16. The molecular formula is C12H10BrClN2O3S2. The summed E-state index contributed by atoms with van der Waals surface area (Å²) in [5.41, 5.74) is 1.27. The molecule has 21 heavy (non-hydrogen) atoms. The normalized spacial score (nSPS) is 11.2. The lowest BCUT2D eigenvalue weighted by atomic mass is 10.2. The number of amides is 1. The number of rotatable bonds is 4. The Kier molecular flexibility index (Phi) is 4.92. The first-order valence-electron chi connectivity index (χ1n) is 5.57. The fourth-order valence-electron chi connectivity index (χ4n) is 1.51. The lowest BCUT2D eigenvalue weighted by molar-refractivity contribution is 0.102. The van der Waals surface area contributed by atoms with E-state index in [1.54, 1.807) is 17.5 Å². The molecule has 5 nitrogen and oxygen atoms in total. The topological polar surface area (TPSA) is 75.3 Å². The Morgan fingerprint density at radius 3 is 2.57 bits per heavy atom. The van der Waals surface area contributed by atoms with Crippen LogP contribution in [0.5, 0.6) is 0 Å². The summed E-state index contributed by atoms with van der Waals surface area (Å²) < 4.78 is 25.5. The number of sulfonamides is 1. The average Bonchev–Trinajstić information content (AvgIpc) is 2.78. The van der Waals surface area contributed by atoms with Crippen molar-refractivity contribution in [2.24, 2.45) is 0 Å². The van der Waals surface area contributed by atoms with Gasteiger partial charge in [-0.25, -0.2) is 8.42 Å². The number of carbonyl (C=O) groups is 1. The zero-order valence-corrected chi connectivity index (χ0v) is 14.7. The quantitative estimate of drug-likeness (QED) is 0.807. The number of halogens is 2. The molecule has 0 saturated carbocycles. The van der Waals surface area contributed by atoms with Gasteiger partial charge in [0.2, 0.25) is 10.0 Å². The van der Waals surface area contributed by atoms with Gasteiger partial charge in [0.05, 0.1) is 26.3 Å². The Bertz CT molecular complexity index is 790. The number of nitrogens with one attached hydrogen (secondary N) is 2. The van der Waals surface area contributed by atoms with Crippen LogP contribution in [0.3, 0.4) is 0 Å². The Balaban J connectivity index is 2.15. The summed E-state index contributed by atoms with van der Waals surface area (Å²) in [5, 5.41) is 4.61. The monoisotopic (exact) mass is 408 g/mol. The third kappa shape index (κ3) is 4.70. The molecule has 0 radical (unpaired) electrons. The standard InChI is InChI=1S/C12H10BrClN2O3S2/c1-21(18,19)16-10-3-2-8(5-9(10)14)15-12(17)7-4-11(13)20-6-7/h2-6,16H,1H3,(H,15,17). The molecule has 9 heteroatoms. The maximum atomic E-state index is 12.0. The third-order valence-corrected chi connectivity index (χ3v) is 4.76. The van der Waals surface area contributed by atoms with Crippen molar-refractivity contribution in [3.05, 3.63) is 44.0 Å². The van der Waals surface area contributed by atoms with Gasteiger partial charge in [0.15, 0.2) is 0 Å². The molecule has 0 fully saturated rings. The van der Waals surface area contributed by atoms with E-state index in [4.69, 9.17) is 11.6 Å². The molecule has 0 aliphatic heterocycles. The van der Waals surface area contributed by atoms with E-state index < -0.39 is 10.0 Å². The molecular weight excluding hydrogens is 400 g/mol. The predicted octanol–water partition coefficient (Wildman–Crippen LogP) is 3.79. The summed E-state index contributed by atoms with van der Waals surface area (Å²) >= 11 is 10.7. The van der Waals surface area contributed by atoms with Crippen LogP contribution in [0.15, 0.2) is 33.4 Å². The van der Waals surface area contributed by atoms with Crippen LogP contribution in [0.1, 0.15) is 10.4 Å². The van der Waals surface area contributed by atoms with E-state index in [1.807, 2.05) is 0 Å². The number of anilines is 2. The van der Waals surface area contributed by atoms with Gasteiger partial charge in [-0.15, -0.1) is 11.3 Å². The highest BCUT2D eigenvalue weighted by molar-refractivity contribution is 9.11. The maximum absolute atomic E-state index is 12.0. The molecule has 0 saturated heterocycles. The lowest BCUT2D eigenvalue weighted by Crippen LogP contribution is -2.12. The molecule has 1 heterocycles. The van der Waals surface area contributed by atoms with Gasteiger partial charge >= 0.3 is 0 Å². The highest BCUT2D eigenvalue weighted by atomic mass is 79.9. The maximum Gasteiger partial charge on any atom is 0.256 e. The minimum atomic E-state index is -3.40. The Morgan fingerprint density at radius 2 is 2.05 bits per heavy atom. The summed E-state index contributed by atoms with van der Waals surface area (Å²) in [6, 6.07) is 6.25. The van der Waals surface area contributed by atoms with Crippen molar-refractivity contribution in [1.29, 1.82) is 0 Å². The summed E-state index contributed by atoms with van der Waals surface area (Å²) in [5.74, 6) is -0.267. The van der Waals surface area contributed by atoms with Crippen molar-refractivity contribution in [2.75, 3.05) is 16.3 Å². The second kappa shape index (κ2) is 6.35. The molecule has 0 atom stereocenters. The van der Waals surface area contributed by atoms with E-state index in [0.29, 0.717) is 11.3 Å². The number of thiophene rings is 1. The van der Waals surface area contributed by atoms with Crippen LogP contribution in [0, 0.1) is 0 Å². The molecule has 2 aromatic rings. The number of hydrogen-bond donors (Lipinski definition) is 2. The van der Waals surface area contributed by atoms with Gasteiger partial charge in [-0.1, -0.05) is 11.6 Å². The fraction of sp³-hybridized carbons (Fsp3) is 0.0833. The molecule has 1 aromatic carbocycles. The van der Waals surface area contributed by atoms with Crippen LogP contribution < -0.4 is 10.0 Å². The van der Waals surface area contributed by atoms with Crippen LogP contribution in [0.4, 0.5) is 11.4 Å². The summed E-state index contributed by atoms with van der Waals surface area (Å²) in [7, 11) is -3.40. The van der Waals surface area contributed by atoms with E-state index in [2.05, 4.69) is 26.0 Å². The van der Waals surface area contributed by atoms with E-state index in [-0.39, 0.29) is 16.6 Å². The van der Waals surface area contributed by atoms with Crippen molar-refractivity contribution in [1.82, 2.24) is 0 Å². The van der Waals surface area contributed by atoms with Gasteiger partial charge in [-0.2, -0.15) is 0 Å². The smallest absolute Gasteiger partial charge is 0.256 e. The Hall–Kier alpha value is -1.09. The molecule has 1 amide bonds. The third-order valence-electron chi connectivity index (χ3n) is 2.35. The van der Waals surface area contributed by atoms with Gasteiger partial charge in [0, 0.05) is 11.1 Å². The van der Waals surface area contributed by atoms with Gasteiger partial charge < -0.3 is 5.32 Å². The largest absolute Gasteiger partial charge is 0.322 e. The van der Waals surface area contributed by atoms with Crippen molar-refractivity contribution in [2.45, 2.75) is 0 Å². The average molecular weight is 410 g/mol. The SMILES string of the molecule is CS(=O)(=O)Nc1ccc(NC(=O)c2csc(Br)c2)cc1Cl. The number of benzene rings is 1. The summed E-state index contributed by atoms with van der Waals surface area (Å²) in [6.07, 6.45) is 1.04. The Labute approximate surface area is 139 Å². The van der Waals surface area contributed by atoms with Crippen LogP contribution >= 0.6 is 38.9 Å². The van der Waals surface area contributed by atoms with Crippen molar-refractivity contribution in [3.8, 4) is 0 Å².